The van der Waals surface area contributed by atoms with Crippen LogP contribution in [0.5, 0.6) is 0 Å². The monoisotopic (exact) mass is 251 g/mol. The fourth-order valence-corrected chi connectivity index (χ4v) is 1.43. The summed E-state index contributed by atoms with van der Waals surface area (Å²) in [5, 5.41) is 2.66. The van der Waals surface area contributed by atoms with Crippen molar-refractivity contribution in [2.75, 3.05) is 25.6 Å². The zero-order valence-corrected chi connectivity index (χ0v) is 11.4. The number of nitrogens with one attached hydrogen (secondary N) is 1. The second kappa shape index (κ2) is 6.40. The molecular formula is C14H21NO3. The molecule has 4 heteroatoms. The van der Waals surface area contributed by atoms with Crippen LogP contribution in [-0.2, 0) is 14.9 Å². The van der Waals surface area contributed by atoms with Crippen molar-refractivity contribution in [3.8, 4) is 0 Å². The van der Waals surface area contributed by atoms with Crippen LogP contribution in [-0.4, -0.2) is 26.4 Å². The van der Waals surface area contributed by atoms with E-state index in [0.717, 1.165) is 5.69 Å². The maximum Gasteiger partial charge on any atom is 0.411 e. The van der Waals surface area contributed by atoms with Gasteiger partial charge in [0.2, 0.25) is 0 Å². The molecule has 1 rings (SSSR count). The van der Waals surface area contributed by atoms with Crippen LogP contribution in [0.2, 0.25) is 0 Å². The smallest absolute Gasteiger partial charge is 0.411 e. The average molecular weight is 251 g/mol. The van der Waals surface area contributed by atoms with Crippen molar-refractivity contribution in [1.29, 1.82) is 0 Å². The fourth-order valence-electron chi connectivity index (χ4n) is 1.43. The second-order valence-corrected chi connectivity index (χ2v) is 5.08. The van der Waals surface area contributed by atoms with E-state index in [1.807, 2.05) is 24.3 Å². The first-order chi connectivity index (χ1) is 8.43. The topological polar surface area (TPSA) is 47.6 Å². The summed E-state index contributed by atoms with van der Waals surface area (Å²) >= 11 is 0. The summed E-state index contributed by atoms with van der Waals surface area (Å²) < 4.78 is 9.70. The van der Waals surface area contributed by atoms with Gasteiger partial charge in [-0.25, -0.2) is 4.79 Å². The Morgan fingerprint density at radius 3 is 2.28 bits per heavy atom. The van der Waals surface area contributed by atoms with Crippen molar-refractivity contribution < 1.29 is 14.3 Å². The van der Waals surface area contributed by atoms with Crippen molar-refractivity contribution in [2.24, 2.45) is 0 Å². The van der Waals surface area contributed by atoms with Crippen LogP contribution in [0.25, 0.3) is 0 Å². The number of ether oxygens (including phenoxy) is 2. The van der Waals surface area contributed by atoms with Crippen LogP contribution in [0, 0.1) is 0 Å². The number of hydrogen-bond acceptors (Lipinski definition) is 3. The van der Waals surface area contributed by atoms with E-state index in [9.17, 15) is 4.79 Å². The van der Waals surface area contributed by atoms with Crippen molar-refractivity contribution in [3.63, 3.8) is 0 Å². The van der Waals surface area contributed by atoms with Crippen LogP contribution in [0.15, 0.2) is 24.3 Å². The molecule has 0 spiro atoms. The van der Waals surface area contributed by atoms with E-state index < -0.39 is 6.09 Å². The summed E-state index contributed by atoms with van der Waals surface area (Å²) in [6, 6.07) is 7.76. The predicted octanol–water partition coefficient (Wildman–Crippen LogP) is 3.18. The quantitative estimate of drug-likeness (QED) is 0.836. The Morgan fingerprint density at radius 2 is 1.78 bits per heavy atom. The van der Waals surface area contributed by atoms with Crippen LogP contribution in [0.1, 0.15) is 26.3 Å². The third kappa shape index (κ3) is 4.75. The van der Waals surface area contributed by atoms with E-state index in [1.165, 1.54) is 5.56 Å². The number of carbonyl (C=O) groups is 1. The zero-order valence-electron chi connectivity index (χ0n) is 11.4. The Hall–Kier alpha value is -1.55. The number of hydrogen-bond donors (Lipinski definition) is 1. The molecule has 0 saturated carbocycles. The highest BCUT2D eigenvalue weighted by Crippen LogP contribution is 2.23. The Bertz CT molecular complexity index is 379. The molecule has 0 atom stereocenters. The molecule has 1 aromatic rings. The van der Waals surface area contributed by atoms with Gasteiger partial charge >= 0.3 is 6.09 Å². The summed E-state index contributed by atoms with van der Waals surface area (Å²) in [5.41, 5.74) is 2.06. The van der Waals surface area contributed by atoms with E-state index in [4.69, 9.17) is 9.47 Å². The highest BCUT2D eigenvalue weighted by molar-refractivity contribution is 5.84. The molecule has 1 aromatic carbocycles. The molecule has 0 aliphatic rings. The second-order valence-electron chi connectivity index (χ2n) is 5.08. The lowest BCUT2D eigenvalue weighted by Crippen LogP contribution is -2.16. The summed E-state index contributed by atoms with van der Waals surface area (Å²) in [5.74, 6) is 0. The molecule has 0 aliphatic carbocycles. The Kier molecular flexibility index (Phi) is 5.16. The van der Waals surface area contributed by atoms with E-state index in [-0.39, 0.29) is 12.0 Å². The van der Waals surface area contributed by atoms with Gasteiger partial charge in [-0.15, -0.1) is 0 Å². The Balaban J connectivity index is 2.51. The summed E-state index contributed by atoms with van der Waals surface area (Å²) in [6.07, 6.45) is -0.462. The highest BCUT2D eigenvalue weighted by Gasteiger charge is 2.13. The van der Waals surface area contributed by atoms with Gasteiger partial charge in [0.25, 0.3) is 0 Å². The molecule has 0 bridgehead atoms. The third-order valence-electron chi connectivity index (χ3n) is 2.52. The van der Waals surface area contributed by atoms with Crippen molar-refractivity contribution in [2.45, 2.75) is 26.2 Å². The molecule has 4 nitrogen and oxygen atoms in total. The van der Waals surface area contributed by atoms with Crippen molar-refractivity contribution in [1.82, 2.24) is 0 Å². The van der Waals surface area contributed by atoms with Gasteiger partial charge in [0.05, 0.1) is 6.61 Å². The first kappa shape index (κ1) is 14.5. The number of methoxy groups -OCH3 is 1. The first-order valence-corrected chi connectivity index (χ1v) is 5.97. The first-order valence-electron chi connectivity index (χ1n) is 5.97. The van der Waals surface area contributed by atoms with Gasteiger partial charge in [-0.2, -0.15) is 0 Å². The molecule has 0 aromatic heterocycles. The van der Waals surface area contributed by atoms with Gasteiger partial charge in [0, 0.05) is 12.8 Å². The molecule has 0 aliphatic heterocycles. The van der Waals surface area contributed by atoms with E-state index in [0.29, 0.717) is 6.61 Å². The van der Waals surface area contributed by atoms with Crippen molar-refractivity contribution in [3.05, 3.63) is 29.8 Å². The van der Waals surface area contributed by atoms with Gasteiger partial charge in [0.15, 0.2) is 0 Å². The molecule has 0 fully saturated rings. The minimum atomic E-state index is -0.462. The number of rotatable bonds is 4. The lowest BCUT2D eigenvalue weighted by Gasteiger charge is -2.19. The molecule has 1 N–H and O–H groups in total. The normalized spacial score (nSPS) is 11.1. The van der Waals surface area contributed by atoms with Gasteiger partial charge < -0.3 is 9.47 Å². The van der Waals surface area contributed by atoms with Gasteiger partial charge in [-0.3, -0.25) is 5.32 Å². The Labute approximate surface area is 108 Å². The number of carbonyl (C=O) groups excluding carboxylic acids is 1. The summed E-state index contributed by atoms with van der Waals surface area (Å²) in [6.45, 7) is 7.09. The zero-order chi connectivity index (χ0) is 13.6. The lowest BCUT2D eigenvalue weighted by molar-refractivity contribution is 0.107. The van der Waals surface area contributed by atoms with Gasteiger partial charge in [0.1, 0.15) is 6.61 Å². The SMILES string of the molecule is COCCOC(=O)Nc1ccc(C(C)(C)C)cc1. The standard InChI is InChI=1S/C14H21NO3/c1-14(2,3)11-5-7-12(8-6-11)15-13(16)18-10-9-17-4/h5-8H,9-10H2,1-4H3,(H,15,16). The predicted molar refractivity (Wildman–Crippen MR) is 72.0 cm³/mol. The molecule has 18 heavy (non-hydrogen) atoms. The molecule has 1 amide bonds. The lowest BCUT2D eigenvalue weighted by atomic mass is 9.87. The molecule has 0 saturated heterocycles. The highest BCUT2D eigenvalue weighted by atomic mass is 16.6. The number of anilines is 1. The maximum absolute atomic E-state index is 11.4. The van der Waals surface area contributed by atoms with E-state index in [1.54, 1.807) is 7.11 Å². The van der Waals surface area contributed by atoms with Crippen LogP contribution < -0.4 is 5.32 Å². The Morgan fingerprint density at radius 1 is 1.17 bits per heavy atom. The van der Waals surface area contributed by atoms with E-state index in [2.05, 4.69) is 26.1 Å². The van der Waals surface area contributed by atoms with Gasteiger partial charge in [-0.1, -0.05) is 32.9 Å². The molecule has 0 radical (unpaired) electrons. The minimum absolute atomic E-state index is 0.109. The number of benzene rings is 1. The van der Waals surface area contributed by atoms with Crippen LogP contribution in [0.3, 0.4) is 0 Å². The summed E-state index contributed by atoms with van der Waals surface area (Å²) in [4.78, 5) is 11.4. The van der Waals surface area contributed by atoms with E-state index >= 15 is 0 Å². The van der Waals surface area contributed by atoms with Crippen LogP contribution in [0.4, 0.5) is 10.5 Å². The minimum Gasteiger partial charge on any atom is -0.447 e. The number of amides is 1. The summed E-state index contributed by atoms with van der Waals surface area (Å²) in [7, 11) is 1.56. The third-order valence-corrected chi connectivity index (χ3v) is 2.52. The van der Waals surface area contributed by atoms with Gasteiger partial charge in [-0.05, 0) is 23.1 Å². The molecule has 100 valence electrons. The average Bonchev–Trinajstić information content (AvgIpc) is 2.29. The van der Waals surface area contributed by atoms with Crippen LogP contribution >= 0.6 is 0 Å². The molecular weight excluding hydrogens is 230 g/mol. The molecule has 0 heterocycles. The maximum atomic E-state index is 11.4. The van der Waals surface area contributed by atoms with Crippen molar-refractivity contribution >= 4 is 11.8 Å². The molecule has 0 unspecified atom stereocenters. The fraction of sp³-hybridized carbons (Fsp3) is 0.500. The largest absolute Gasteiger partial charge is 0.447 e.